The van der Waals surface area contributed by atoms with Crippen LogP contribution in [0.3, 0.4) is 0 Å². The monoisotopic (exact) mass is 255 g/mol. The zero-order chi connectivity index (χ0) is 13.4. The highest BCUT2D eigenvalue weighted by Crippen LogP contribution is 2.20. The van der Waals surface area contributed by atoms with Gasteiger partial charge in [-0.3, -0.25) is 9.59 Å². The minimum atomic E-state index is -0.493. The van der Waals surface area contributed by atoms with Crippen LogP contribution in [-0.4, -0.2) is 22.8 Å². The highest BCUT2D eigenvalue weighted by atomic mass is 16.2. The first-order valence-corrected chi connectivity index (χ1v) is 6.04. The van der Waals surface area contributed by atoms with Crippen molar-refractivity contribution in [1.29, 1.82) is 0 Å². The van der Waals surface area contributed by atoms with Gasteiger partial charge >= 0.3 is 0 Å². The van der Waals surface area contributed by atoms with Gasteiger partial charge in [-0.1, -0.05) is 18.2 Å². The van der Waals surface area contributed by atoms with E-state index < -0.39 is 6.04 Å². The molecule has 2 aromatic rings. The Kier molecular flexibility index (Phi) is 2.59. The van der Waals surface area contributed by atoms with Crippen molar-refractivity contribution in [3.63, 3.8) is 0 Å². The van der Waals surface area contributed by atoms with Crippen molar-refractivity contribution in [1.82, 2.24) is 15.6 Å². The third-order valence-electron chi connectivity index (χ3n) is 3.16. The number of H-pyrrole nitrogens is 1. The molecule has 1 aliphatic heterocycles. The first kappa shape index (κ1) is 11.5. The Labute approximate surface area is 109 Å². The Hall–Kier alpha value is -2.56. The van der Waals surface area contributed by atoms with Crippen LogP contribution in [0, 0.1) is 0 Å². The van der Waals surface area contributed by atoms with Crippen LogP contribution < -0.4 is 10.6 Å². The summed E-state index contributed by atoms with van der Waals surface area (Å²) in [5.74, 6) is -0.469. The van der Waals surface area contributed by atoms with E-state index in [0.717, 1.165) is 16.5 Å². The summed E-state index contributed by atoms with van der Waals surface area (Å²) in [4.78, 5) is 26.5. The molecule has 5 nitrogen and oxygen atoms in total. The van der Waals surface area contributed by atoms with E-state index in [4.69, 9.17) is 0 Å². The summed E-state index contributed by atoms with van der Waals surface area (Å²) in [6.45, 7) is 1.65. The highest BCUT2D eigenvalue weighted by molar-refractivity contribution is 6.08. The van der Waals surface area contributed by atoms with Crippen LogP contribution in [0.25, 0.3) is 17.0 Å². The van der Waals surface area contributed by atoms with E-state index in [1.165, 1.54) is 0 Å². The molecule has 1 atom stereocenters. The molecule has 1 aromatic carbocycles. The van der Waals surface area contributed by atoms with Crippen LogP contribution in [0.5, 0.6) is 0 Å². The van der Waals surface area contributed by atoms with Gasteiger partial charge in [-0.25, -0.2) is 0 Å². The van der Waals surface area contributed by atoms with E-state index in [9.17, 15) is 9.59 Å². The molecule has 3 rings (SSSR count). The van der Waals surface area contributed by atoms with E-state index in [1.807, 2.05) is 30.5 Å². The second-order valence-electron chi connectivity index (χ2n) is 4.53. The second kappa shape index (κ2) is 4.28. The Morgan fingerprint density at radius 2 is 2.00 bits per heavy atom. The number of aromatic nitrogens is 1. The number of para-hydroxylation sites is 1. The zero-order valence-electron chi connectivity index (χ0n) is 10.4. The lowest BCUT2D eigenvalue weighted by atomic mass is 10.1. The molecule has 96 valence electrons. The van der Waals surface area contributed by atoms with Gasteiger partial charge in [0.15, 0.2) is 0 Å². The Morgan fingerprint density at radius 1 is 1.21 bits per heavy atom. The summed E-state index contributed by atoms with van der Waals surface area (Å²) in [5, 5.41) is 6.24. The number of piperazine rings is 1. The van der Waals surface area contributed by atoms with Crippen LogP contribution in [0.4, 0.5) is 0 Å². The molecule has 1 fully saturated rings. The molecule has 5 heteroatoms. The largest absolute Gasteiger partial charge is 0.361 e. The fourth-order valence-electron chi connectivity index (χ4n) is 2.11. The Balaban J connectivity index is 2.01. The molecular weight excluding hydrogens is 242 g/mol. The van der Waals surface area contributed by atoms with Gasteiger partial charge in [-0.2, -0.15) is 0 Å². The van der Waals surface area contributed by atoms with Crippen molar-refractivity contribution >= 4 is 28.8 Å². The summed E-state index contributed by atoms with van der Waals surface area (Å²) in [6, 6.07) is 7.29. The third kappa shape index (κ3) is 1.99. The smallest absolute Gasteiger partial charge is 0.268 e. The third-order valence-corrected chi connectivity index (χ3v) is 3.16. The normalized spacial score (nSPS) is 21.5. The van der Waals surface area contributed by atoms with Crippen molar-refractivity contribution in [2.45, 2.75) is 13.0 Å². The standard InChI is InChI=1S/C14H13N3O2/c1-8-13(18)17-12(14(19)16-8)6-9-7-15-11-5-3-2-4-10(9)11/h2-8,15H,1H3,(H,16,19)(H,17,18)/b12-6-/t8-/m0/s1. The number of benzene rings is 1. The van der Waals surface area contributed by atoms with Crippen LogP contribution in [-0.2, 0) is 9.59 Å². The van der Waals surface area contributed by atoms with Crippen molar-refractivity contribution in [3.8, 4) is 0 Å². The van der Waals surface area contributed by atoms with E-state index in [1.54, 1.807) is 13.0 Å². The van der Waals surface area contributed by atoms with E-state index >= 15 is 0 Å². The molecule has 3 N–H and O–H groups in total. The molecule has 2 heterocycles. The van der Waals surface area contributed by atoms with Crippen molar-refractivity contribution in [2.24, 2.45) is 0 Å². The molecule has 0 unspecified atom stereocenters. The maximum atomic E-state index is 11.8. The van der Waals surface area contributed by atoms with Gasteiger partial charge in [-0.05, 0) is 19.1 Å². The highest BCUT2D eigenvalue weighted by Gasteiger charge is 2.26. The molecule has 1 aromatic heterocycles. The molecule has 0 aliphatic carbocycles. The lowest BCUT2D eigenvalue weighted by molar-refractivity contribution is -0.130. The quantitative estimate of drug-likeness (QED) is 0.669. The van der Waals surface area contributed by atoms with Crippen LogP contribution in [0.15, 0.2) is 36.2 Å². The summed E-state index contributed by atoms with van der Waals surface area (Å²) in [7, 11) is 0. The topological polar surface area (TPSA) is 74.0 Å². The minimum Gasteiger partial charge on any atom is -0.361 e. The van der Waals surface area contributed by atoms with Gasteiger partial charge in [0, 0.05) is 22.7 Å². The maximum Gasteiger partial charge on any atom is 0.268 e. The molecule has 2 amide bonds. The first-order chi connectivity index (χ1) is 9.15. The van der Waals surface area contributed by atoms with Gasteiger partial charge in [0.2, 0.25) is 5.91 Å². The van der Waals surface area contributed by atoms with Gasteiger partial charge in [0.25, 0.3) is 5.91 Å². The zero-order valence-corrected chi connectivity index (χ0v) is 10.4. The molecule has 0 radical (unpaired) electrons. The number of carbonyl (C=O) groups excluding carboxylic acids is 2. The molecular formula is C14H13N3O2. The number of hydrogen-bond donors (Lipinski definition) is 3. The summed E-state index contributed by atoms with van der Waals surface area (Å²) < 4.78 is 0. The Bertz CT molecular complexity index is 700. The number of carbonyl (C=O) groups is 2. The first-order valence-electron chi connectivity index (χ1n) is 6.04. The fraction of sp³-hybridized carbons (Fsp3) is 0.143. The number of nitrogens with one attached hydrogen (secondary N) is 3. The molecule has 0 bridgehead atoms. The predicted molar refractivity (Wildman–Crippen MR) is 72.0 cm³/mol. The summed E-state index contributed by atoms with van der Waals surface area (Å²) >= 11 is 0. The van der Waals surface area contributed by atoms with Crippen molar-refractivity contribution in [3.05, 3.63) is 41.7 Å². The Morgan fingerprint density at radius 3 is 2.84 bits per heavy atom. The maximum absolute atomic E-state index is 11.8. The molecule has 0 spiro atoms. The molecule has 0 saturated carbocycles. The van der Waals surface area contributed by atoms with E-state index in [-0.39, 0.29) is 17.5 Å². The van der Waals surface area contributed by atoms with Crippen LogP contribution >= 0.6 is 0 Å². The van der Waals surface area contributed by atoms with Gasteiger partial charge < -0.3 is 15.6 Å². The van der Waals surface area contributed by atoms with Crippen molar-refractivity contribution in [2.75, 3.05) is 0 Å². The van der Waals surface area contributed by atoms with E-state index in [2.05, 4.69) is 15.6 Å². The number of amides is 2. The van der Waals surface area contributed by atoms with Crippen LogP contribution in [0.2, 0.25) is 0 Å². The lowest BCUT2D eigenvalue weighted by Gasteiger charge is -2.21. The van der Waals surface area contributed by atoms with Gasteiger partial charge in [0.05, 0.1) is 0 Å². The van der Waals surface area contributed by atoms with Gasteiger partial charge in [-0.15, -0.1) is 0 Å². The van der Waals surface area contributed by atoms with Gasteiger partial charge in [0.1, 0.15) is 11.7 Å². The summed E-state index contributed by atoms with van der Waals surface area (Å²) in [5.41, 5.74) is 2.13. The lowest BCUT2D eigenvalue weighted by Crippen LogP contribution is -2.53. The number of fused-ring (bicyclic) bond motifs is 1. The van der Waals surface area contributed by atoms with Crippen molar-refractivity contribution < 1.29 is 9.59 Å². The molecule has 19 heavy (non-hydrogen) atoms. The number of rotatable bonds is 1. The second-order valence-corrected chi connectivity index (χ2v) is 4.53. The molecule has 1 saturated heterocycles. The van der Waals surface area contributed by atoms with Crippen LogP contribution in [0.1, 0.15) is 12.5 Å². The SMILES string of the molecule is C[C@@H]1NC(=O)/C(=C/c2c[nH]c3ccccc23)NC1=O. The average molecular weight is 255 g/mol. The summed E-state index contributed by atoms with van der Waals surface area (Å²) in [6.07, 6.45) is 3.49. The minimum absolute atomic E-state index is 0.203. The fourth-order valence-corrected chi connectivity index (χ4v) is 2.11. The van der Waals surface area contributed by atoms with E-state index in [0.29, 0.717) is 0 Å². The molecule has 1 aliphatic rings. The number of aromatic amines is 1. The average Bonchev–Trinajstić information content (AvgIpc) is 2.80. The predicted octanol–water partition coefficient (Wildman–Crippen LogP) is 1.14. The number of hydrogen-bond acceptors (Lipinski definition) is 2.